The van der Waals surface area contributed by atoms with E-state index < -0.39 is 5.97 Å². The van der Waals surface area contributed by atoms with Gasteiger partial charge in [-0.25, -0.2) is 9.78 Å². The van der Waals surface area contributed by atoms with Crippen molar-refractivity contribution in [3.8, 4) is 5.75 Å². The number of pyridine rings is 1. The zero-order valence-corrected chi connectivity index (χ0v) is 20.1. The van der Waals surface area contributed by atoms with Gasteiger partial charge < -0.3 is 20.1 Å². The number of carboxylic acids is 1. The third-order valence-electron chi connectivity index (χ3n) is 5.60. The first-order valence-electron chi connectivity index (χ1n) is 10.7. The van der Waals surface area contributed by atoms with Crippen molar-refractivity contribution >= 4 is 43.7 Å². The molecule has 0 atom stereocenters. The van der Waals surface area contributed by atoms with Gasteiger partial charge in [-0.05, 0) is 53.3 Å². The van der Waals surface area contributed by atoms with Crippen LogP contribution in [0.5, 0.6) is 5.75 Å². The molecule has 2 heterocycles. The molecule has 0 saturated heterocycles. The van der Waals surface area contributed by atoms with Gasteiger partial charge in [0, 0.05) is 33.4 Å². The quantitative estimate of drug-likeness (QED) is 0.312. The molecule has 0 radical (unpaired) electrons. The number of carboxylic acid groups (broad SMARTS) is 1. The van der Waals surface area contributed by atoms with Gasteiger partial charge in [-0.2, -0.15) is 0 Å². The van der Waals surface area contributed by atoms with E-state index in [-0.39, 0.29) is 11.3 Å². The third kappa shape index (κ3) is 4.95. The molecule has 0 bridgehead atoms. The van der Waals surface area contributed by atoms with E-state index in [9.17, 15) is 15.0 Å². The second kappa shape index (κ2) is 10.6. The number of carbonyl (C=O) groups is 1. The van der Waals surface area contributed by atoms with Crippen LogP contribution in [0, 0.1) is 0 Å². The SMILES string of the molecule is CCN(CC)CC.O=C(O)c1c(O)c(Cc2c[nH]c3ccccc23)nc2c(Br)cccc12. The van der Waals surface area contributed by atoms with E-state index in [1.165, 1.54) is 19.6 Å². The summed E-state index contributed by atoms with van der Waals surface area (Å²) in [6, 6.07) is 13.0. The van der Waals surface area contributed by atoms with Gasteiger partial charge in [0.05, 0.1) is 11.2 Å². The number of fused-ring (bicyclic) bond motifs is 2. The highest BCUT2D eigenvalue weighted by Gasteiger charge is 2.21. The molecule has 0 aliphatic rings. The highest BCUT2D eigenvalue weighted by Crippen LogP contribution is 2.34. The van der Waals surface area contributed by atoms with E-state index in [2.05, 4.69) is 51.6 Å². The first-order chi connectivity index (χ1) is 15.4. The van der Waals surface area contributed by atoms with Crippen LogP contribution in [0.2, 0.25) is 0 Å². The summed E-state index contributed by atoms with van der Waals surface area (Å²) in [5.41, 5.74) is 2.66. The standard InChI is InChI=1S/C19H13BrN2O3.C6H15N/c20-13-6-3-5-12-16(19(24)25)18(23)15(22-17(12)13)8-10-9-21-14-7-2-1-4-11(10)14;1-4-7(5-2)6-3/h1-7,9,21,23H,8H2,(H,24,25);4-6H2,1-3H3. The lowest BCUT2D eigenvalue weighted by molar-refractivity contribution is 0.0695. The summed E-state index contributed by atoms with van der Waals surface area (Å²) in [5.74, 6) is -1.47. The molecule has 2 aromatic carbocycles. The fourth-order valence-corrected chi connectivity index (χ4v) is 4.21. The van der Waals surface area contributed by atoms with Gasteiger partial charge in [-0.1, -0.05) is 51.1 Å². The molecule has 0 aliphatic heterocycles. The second-order valence-electron chi connectivity index (χ2n) is 7.38. The van der Waals surface area contributed by atoms with Crippen LogP contribution in [0.3, 0.4) is 0 Å². The number of hydrogen-bond donors (Lipinski definition) is 3. The molecule has 4 rings (SSSR count). The molecule has 3 N–H and O–H groups in total. The Morgan fingerprint density at radius 1 is 1.03 bits per heavy atom. The number of hydrogen-bond acceptors (Lipinski definition) is 4. The van der Waals surface area contributed by atoms with Crippen LogP contribution in [0.25, 0.3) is 21.8 Å². The van der Waals surface area contributed by atoms with Crippen molar-refractivity contribution in [1.29, 1.82) is 0 Å². The average Bonchev–Trinajstić information content (AvgIpc) is 3.19. The van der Waals surface area contributed by atoms with Gasteiger partial charge >= 0.3 is 5.97 Å². The number of aromatic hydroxyl groups is 1. The van der Waals surface area contributed by atoms with Gasteiger partial charge in [-0.15, -0.1) is 0 Å². The summed E-state index contributed by atoms with van der Waals surface area (Å²) >= 11 is 3.41. The van der Waals surface area contributed by atoms with Crippen LogP contribution in [0.4, 0.5) is 0 Å². The third-order valence-corrected chi connectivity index (χ3v) is 6.24. The van der Waals surface area contributed by atoms with Crippen molar-refractivity contribution in [2.45, 2.75) is 27.2 Å². The predicted molar refractivity (Wildman–Crippen MR) is 133 cm³/mol. The summed E-state index contributed by atoms with van der Waals surface area (Å²) in [7, 11) is 0. The van der Waals surface area contributed by atoms with Crippen LogP contribution in [0.15, 0.2) is 53.1 Å². The highest BCUT2D eigenvalue weighted by molar-refractivity contribution is 9.10. The lowest BCUT2D eigenvalue weighted by Crippen LogP contribution is -2.21. The van der Waals surface area contributed by atoms with Crippen molar-refractivity contribution in [3.63, 3.8) is 0 Å². The monoisotopic (exact) mass is 497 g/mol. The summed E-state index contributed by atoms with van der Waals surface area (Å²) in [6.45, 7) is 10.1. The maximum Gasteiger partial charge on any atom is 0.340 e. The Hall–Kier alpha value is -2.90. The van der Waals surface area contributed by atoms with Gasteiger partial charge in [0.1, 0.15) is 5.56 Å². The molecule has 0 unspecified atom stereocenters. The number of halogens is 1. The summed E-state index contributed by atoms with van der Waals surface area (Å²) in [6.07, 6.45) is 2.18. The Balaban J connectivity index is 0.000000360. The summed E-state index contributed by atoms with van der Waals surface area (Å²) < 4.78 is 0.688. The summed E-state index contributed by atoms with van der Waals surface area (Å²) in [4.78, 5) is 21.8. The van der Waals surface area contributed by atoms with Crippen molar-refractivity contribution in [1.82, 2.24) is 14.9 Å². The second-order valence-corrected chi connectivity index (χ2v) is 8.23. The number of aromatic nitrogens is 2. The first kappa shape index (κ1) is 23.8. The largest absolute Gasteiger partial charge is 0.505 e. The molecule has 0 amide bonds. The van der Waals surface area contributed by atoms with Crippen LogP contribution in [0.1, 0.15) is 42.4 Å². The average molecular weight is 498 g/mol. The van der Waals surface area contributed by atoms with E-state index in [4.69, 9.17) is 0 Å². The van der Waals surface area contributed by atoms with Crippen molar-refractivity contribution in [2.24, 2.45) is 0 Å². The van der Waals surface area contributed by atoms with Crippen molar-refractivity contribution in [2.75, 3.05) is 19.6 Å². The van der Waals surface area contributed by atoms with Crippen LogP contribution in [-0.4, -0.2) is 50.7 Å². The Kier molecular flexibility index (Phi) is 7.88. The Bertz CT molecular complexity index is 1230. The lowest BCUT2D eigenvalue weighted by atomic mass is 10.0. The Morgan fingerprint density at radius 3 is 2.31 bits per heavy atom. The van der Waals surface area contributed by atoms with E-state index in [1.54, 1.807) is 18.2 Å². The zero-order chi connectivity index (χ0) is 23.3. The van der Waals surface area contributed by atoms with E-state index in [1.807, 2.05) is 30.5 Å². The highest BCUT2D eigenvalue weighted by atomic mass is 79.9. The molecule has 0 fully saturated rings. The molecular formula is C25H28BrN3O3. The first-order valence-corrected chi connectivity index (χ1v) is 11.5. The van der Waals surface area contributed by atoms with Gasteiger partial charge in [0.15, 0.2) is 5.75 Å². The van der Waals surface area contributed by atoms with E-state index in [0.29, 0.717) is 27.5 Å². The number of nitrogens with zero attached hydrogens (tertiary/aromatic N) is 2. The minimum absolute atomic E-state index is 0.124. The Morgan fingerprint density at radius 2 is 1.69 bits per heavy atom. The number of benzene rings is 2. The minimum atomic E-state index is -1.18. The van der Waals surface area contributed by atoms with Crippen LogP contribution >= 0.6 is 15.9 Å². The number of para-hydroxylation sites is 2. The van der Waals surface area contributed by atoms with Gasteiger partial charge in [0.25, 0.3) is 0 Å². The smallest absolute Gasteiger partial charge is 0.340 e. The number of aromatic amines is 1. The molecule has 0 saturated carbocycles. The van der Waals surface area contributed by atoms with E-state index >= 15 is 0 Å². The van der Waals surface area contributed by atoms with Gasteiger partial charge in [-0.3, -0.25) is 0 Å². The number of rotatable bonds is 6. The van der Waals surface area contributed by atoms with Crippen molar-refractivity contribution in [3.05, 3.63) is 70.0 Å². The van der Waals surface area contributed by atoms with Crippen molar-refractivity contribution < 1.29 is 15.0 Å². The molecule has 0 spiro atoms. The van der Waals surface area contributed by atoms with Gasteiger partial charge in [0.2, 0.25) is 0 Å². The molecule has 7 heteroatoms. The molecule has 6 nitrogen and oxygen atoms in total. The minimum Gasteiger partial charge on any atom is -0.505 e. The topological polar surface area (TPSA) is 89.5 Å². The lowest BCUT2D eigenvalue weighted by Gasteiger charge is -2.13. The molecule has 4 aromatic rings. The number of nitrogens with one attached hydrogen (secondary N) is 1. The maximum atomic E-state index is 11.7. The van der Waals surface area contributed by atoms with E-state index in [0.717, 1.165) is 16.5 Å². The molecule has 0 aliphatic carbocycles. The maximum absolute atomic E-state index is 11.7. The predicted octanol–water partition coefficient (Wildman–Crippen LogP) is 5.82. The molecule has 168 valence electrons. The fourth-order valence-electron chi connectivity index (χ4n) is 3.76. The summed E-state index contributed by atoms with van der Waals surface area (Å²) in [5, 5.41) is 21.5. The number of aromatic carboxylic acids is 1. The van der Waals surface area contributed by atoms with Crippen LogP contribution < -0.4 is 0 Å². The molecule has 2 aromatic heterocycles. The molecule has 32 heavy (non-hydrogen) atoms. The number of H-pyrrole nitrogens is 1. The molecular weight excluding hydrogens is 470 g/mol. The Labute approximate surface area is 196 Å². The fraction of sp³-hybridized carbons (Fsp3) is 0.280. The zero-order valence-electron chi connectivity index (χ0n) is 18.5. The normalized spacial score (nSPS) is 11.0. The van der Waals surface area contributed by atoms with Crippen LogP contribution in [-0.2, 0) is 6.42 Å².